The van der Waals surface area contributed by atoms with Crippen LogP contribution in [0.5, 0.6) is 11.5 Å². The van der Waals surface area contributed by atoms with E-state index < -0.39 is 6.04 Å². The lowest BCUT2D eigenvalue weighted by molar-refractivity contribution is -0.143. The number of aliphatic hydroxyl groups is 1. The number of nitrogens with one attached hydrogen (secondary N) is 1. The van der Waals surface area contributed by atoms with E-state index in [1.807, 2.05) is 6.92 Å². The van der Waals surface area contributed by atoms with Crippen LogP contribution in [0.25, 0.3) is 0 Å². The number of carbonyl (C=O) groups is 1. The number of esters is 1. The summed E-state index contributed by atoms with van der Waals surface area (Å²) in [6.45, 7) is 2.59. The molecule has 2 N–H and O–H groups in total. The Morgan fingerprint density at radius 2 is 2.10 bits per heavy atom. The van der Waals surface area contributed by atoms with E-state index in [1.54, 1.807) is 18.2 Å². The van der Waals surface area contributed by atoms with Crippen LogP contribution in [0.15, 0.2) is 18.2 Å². The van der Waals surface area contributed by atoms with Crippen molar-refractivity contribution in [3.05, 3.63) is 23.8 Å². The molecule has 0 amide bonds. The standard InChI is InChI=1S/C14H21NO5/c1-4-15-11(14(17)19-3)9-20-12-6-5-10(8-16)7-13(12)18-2/h5-7,11,15-16H,4,8-9H2,1-3H3. The molecule has 0 spiro atoms. The summed E-state index contributed by atoms with van der Waals surface area (Å²) in [5, 5.41) is 12.1. The van der Waals surface area contributed by atoms with Crippen LogP contribution in [0.3, 0.4) is 0 Å². The van der Waals surface area contributed by atoms with Gasteiger partial charge in [0.05, 0.1) is 20.8 Å². The minimum Gasteiger partial charge on any atom is -0.493 e. The minimum absolute atomic E-state index is 0.0706. The Kier molecular flexibility index (Phi) is 6.83. The zero-order valence-electron chi connectivity index (χ0n) is 12.0. The van der Waals surface area contributed by atoms with Crippen molar-refractivity contribution in [2.45, 2.75) is 19.6 Å². The molecule has 0 aliphatic heterocycles. The monoisotopic (exact) mass is 283 g/mol. The van der Waals surface area contributed by atoms with Crippen LogP contribution in [0, 0.1) is 0 Å². The second kappa shape index (κ2) is 8.39. The molecule has 112 valence electrons. The van der Waals surface area contributed by atoms with Crippen LogP contribution in [-0.4, -0.2) is 44.5 Å². The van der Waals surface area contributed by atoms with E-state index in [2.05, 4.69) is 5.32 Å². The molecule has 0 aliphatic rings. The van der Waals surface area contributed by atoms with E-state index in [4.69, 9.17) is 19.3 Å². The lowest BCUT2D eigenvalue weighted by atomic mass is 10.2. The Labute approximate surface area is 118 Å². The smallest absolute Gasteiger partial charge is 0.326 e. The maximum atomic E-state index is 11.5. The fourth-order valence-corrected chi connectivity index (χ4v) is 1.70. The predicted molar refractivity (Wildman–Crippen MR) is 73.9 cm³/mol. The van der Waals surface area contributed by atoms with E-state index in [-0.39, 0.29) is 19.2 Å². The van der Waals surface area contributed by atoms with Crippen LogP contribution < -0.4 is 14.8 Å². The Morgan fingerprint density at radius 1 is 1.35 bits per heavy atom. The number of carbonyl (C=O) groups excluding carboxylic acids is 1. The quantitative estimate of drug-likeness (QED) is 0.685. The van der Waals surface area contributed by atoms with Crippen molar-refractivity contribution < 1.29 is 24.1 Å². The molecular weight excluding hydrogens is 262 g/mol. The Balaban J connectivity index is 2.74. The van der Waals surface area contributed by atoms with E-state index in [0.717, 1.165) is 5.56 Å². The first-order valence-corrected chi connectivity index (χ1v) is 6.38. The van der Waals surface area contributed by atoms with Crippen LogP contribution >= 0.6 is 0 Å². The molecule has 0 heterocycles. The van der Waals surface area contributed by atoms with E-state index in [9.17, 15) is 4.79 Å². The first kappa shape index (κ1) is 16.3. The van der Waals surface area contributed by atoms with Crippen molar-refractivity contribution in [2.24, 2.45) is 0 Å². The van der Waals surface area contributed by atoms with Crippen molar-refractivity contribution in [2.75, 3.05) is 27.4 Å². The zero-order chi connectivity index (χ0) is 15.0. The predicted octanol–water partition coefficient (Wildman–Crippen LogP) is 0.717. The summed E-state index contributed by atoms with van der Waals surface area (Å²) in [5.41, 5.74) is 0.727. The zero-order valence-corrected chi connectivity index (χ0v) is 12.0. The van der Waals surface area contributed by atoms with Gasteiger partial charge in [0.1, 0.15) is 12.6 Å². The number of likely N-dealkylation sites (N-methyl/N-ethyl adjacent to an activating group) is 1. The third-order valence-corrected chi connectivity index (χ3v) is 2.75. The van der Waals surface area contributed by atoms with Crippen LogP contribution in [-0.2, 0) is 16.1 Å². The number of hydrogen-bond acceptors (Lipinski definition) is 6. The molecule has 0 saturated carbocycles. The van der Waals surface area contributed by atoms with Crippen molar-refractivity contribution in [1.29, 1.82) is 0 Å². The lowest BCUT2D eigenvalue weighted by Gasteiger charge is -2.17. The normalized spacial score (nSPS) is 11.8. The second-order valence-electron chi connectivity index (χ2n) is 4.09. The van der Waals surface area contributed by atoms with Gasteiger partial charge in [-0.1, -0.05) is 13.0 Å². The molecule has 0 aromatic heterocycles. The van der Waals surface area contributed by atoms with Gasteiger partial charge in [-0.3, -0.25) is 4.79 Å². The fraction of sp³-hybridized carbons (Fsp3) is 0.500. The van der Waals surface area contributed by atoms with Crippen LogP contribution in [0.1, 0.15) is 12.5 Å². The highest BCUT2D eigenvalue weighted by atomic mass is 16.5. The molecule has 0 bridgehead atoms. The summed E-state index contributed by atoms with van der Waals surface area (Å²) in [4.78, 5) is 11.5. The van der Waals surface area contributed by atoms with Gasteiger partial charge in [-0.15, -0.1) is 0 Å². The minimum atomic E-state index is -0.535. The largest absolute Gasteiger partial charge is 0.493 e. The molecule has 0 fully saturated rings. The lowest BCUT2D eigenvalue weighted by Crippen LogP contribution is -2.42. The highest BCUT2D eigenvalue weighted by molar-refractivity contribution is 5.75. The molecule has 6 nitrogen and oxygen atoms in total. The molecule has 1 aromatic rings. The van der Waals surface area contributed by atoms with Gasteiger partial charge in [-0.05, 0) is 24.2 Å². The molecule has 0 saturated heterocycles. The Hall–Kier alpha value is -1.79. The summed E-state index contributed by atoms with van der Waals surface area (Å²) in [7, 11) is 2.86. The van der Waals surface area contributed by atoms with E-state index in [0.29, 0.717) is 18.0 Å². The number of benzene rings is 1. The summed E-state index contributed by atoms with van der Waals surface area (Å²) < 4.78 is 15.5. The summed E-state index contributed by atoms with van der Waals surface area (Å²) in [5.74, 6) is 0.644. The number of methoxy groups -OCH3 is 2. The van der Waals surface area contributed by atoms with Gasteiger partial charge in [0.15, 0.2) is 11.5 Å². The Morgan fingerprint density at radius 3 is 2.65 bits per heavy atom. The number of aliphatic hydroxyl groups excluding tert-OH is 1. The molecule has 20 heavy (non-hydrogen) atoms. The summed E-state index contributed by atoms with van der Waals surface area (Å²) in [6, 6.07) is 4.59. The SMILES string of the molecule is CCNC(COc1ccc(CO)cc1OC)C(=O)OC. The second-order valence-corrected chi connectivity index (χ2v) is 4.09. The third kappa shape index (κ3) is 4.40. The summed E-state index contributed by atoms with van der Waals surface area (Å²) in [6.07, 6.45) is 0. The highest BCUT2D eigenvalue weighted by Crippen LogP contribution is 2.28. The van der Waals surface area contributed by atoms with E-state index >= 15 is 0 Å². The third-order valence-electron chi connectivity index (χ3n) is 2.75. The van der Waals surface area contributed by atoms with Crippen LogP contribution in [0.2, 0.25) is 0 Å². The van der Waals surface area contributed by atoms with Gasteiger partial charge in [0.25, 0.3) is 0 Å². The number of hydrogen-bond donors (Lipinski definition) is 2. The molecule has 0 radical (unpaired) electrons. The molecule has 0 aliphatic carbocycles. The van der Waals surface area contributed by atoms with E-state index in [1.165, 1.54) is 14.2 Å². The topological polar surface area (TPSA) is 77.0 Å². The number of ether oxygens (including phenoxy) is 3. The first-order valence-electron chi connectivity index (χ1n) is 6.38. The molecule has 1 unspecified atom stereocenters. The maximum absolute atomic E-state index is 11.5. The molecule has 1 atom stereocenters. The van der Waals surface area contributed by atoms with Crippen molar-refractivity contribution in [3.63, 3.8) is 0 Å². The van der Waals surface area contributed by atoms with Gasteiger partial charge < -0.3 is 24.6 Å². The van der Waals surface area contributed by atoms with Gasteiger partial charge in [-0.2, -0.15) is 0 Å². The van der Waals surface area contributed by atoms with Crippen LogP contribution in [0.4, 0.5) is 0 Å². The molecule has 6 heteroatoms. The molecule has 1 rings (SSSR count). The average molecular weight is 283 g/mol. The van der Waals surface area contributed by atoms with Gasteiger partial charge in [0.2, 0.25) is 0 Å². The Bertz CT molecular complexity index is 436. The van der Waals surface area contributed by atoms with Crippen molar-refractivity contribution in [1.82, 2.24) is 5.32 Å². The molecular formula is C14H21NO5. The van der Waals surface area contributed by atoms with Crippen molar-refractivity contribution in [3.8, 4) is 11.5 Å². The summed E-state index contributed by atoms with van der Waals surface area (Å²) >= 11 is 0. The average Bonchev–Trinajstić information content (AvgIpc) is 2.50. The first-order chi connectivity index (χ1) is 9.65. The highest BCUT2D eigenvalue weighted by Gasteiger charge is 2.19. The fourth-order valence-electron chi connectivity index (χ4n) is 1.70. The number of rotatable bonds is 8. The van der Waals surface area contributed by atoms with Gasteiger partial charge in [-0.25, -0.2) is 0 Å². The molecule has 1 aromatic carbocycles. The van der Waals surface area contributed by atoms with Crippen molar-refractivity contribution >= 4 is 5.97 Å². The van der Waals surface area contributed by atoms with Gasteiger partial charge >= 0.3 is 5.97 Å². The maximum Gasteiger partial charge on any atom is 0.326 e. The van der Waals surface area contributed by atoms with Gasteiger partial charge in [0, 0.05) is 0 Å².